The Morgan fingerprint density at radius 2 is 1.77 bits per heavy atom. The number of hydrogen-bond donors (Lipinski definition) is 2. The zero-order valence-corrected chi connectivity index (χ0v) is 23.4. The summed E-state index contributed by atoms with van der Waals surface area (Å²) in [4.78, 5) is 1.38. The standard InChI is InChI=1S/C26H24N2O8S3/c1-3-17(11-26-28(16-39(32,33)34)22-14-20(35-2)8-9-24(22)37-26)10-25-27(15-38(29,30)31)21-12-18-6-4-5-7-19(18)13-23(21)36-25/h4-14H,3,15-16H2,1-2H3,(H-,29,30,31,32,33,34)/p+1. The van der Waals surface area contributed by atoms with Crippen LogP contribution < -0.4 is 18.9 Å². The Labute approximate surface area is 229 Å². The van der Waals surface area contributed by atoms with E-state index in [9.17, 15) is 25.9 Å². The number of nitrogens with zero attached hydrogens (tertiary/aromatic N) is 2. The number of fused-ring (bicyclic) bond motifs is 3. The highest BCUT2D eigenvalue weighted by atomic mass is 32.2. The van der Waals surface area contributed by atoms with Crippen LogP contribution in [0.5, 0.6) is 11.5 Å². The van der Waals surface area contributed by atoms with Gasteiger partial charge >= 0.3 is 10.1 Å². The first kappa shape index (κ1) is 27.1. The number of methoxy groups -OCH3 is 1. The molecule has 0 amide bonds. The molecule has 0 bridgehead atoms. The second kappa shape index (κ2) is 10.2. The Bertz CT molecular complexity index is 1880. The molecule has 204 valence electrons. The first-order valence-corrected chi connectivity index (χ1v) is 15.8. The largest absolute Gasteiger partial charge is 0.497 e. The van der Waals surface area contributed by atoms with Crippen LogP contribution >= 0.6 is 11.3 Å². The Morgan fingerprint density at radius 3 is 2.41 bits per heavy atom. The summed E-state index contributed by atoms with van der Waals surface area (Å²) < 4.78 is 80.4. The van der Waals surface area contributed by atoms with Gasteiger partial charge in [-0.3, -0.25) is 14.0 Å². The lowest BCUT2D eigenvalue weighted by Crippen LogP contribution is -2.39. The van der Waals surface area contributed by atoms with E-state index in [0.29, 0.717) is 39.7 Å². The summed E-state index contributed by atoms with van der Waals surface area (Å²) in [7, 11) is -7.28. The molecule has 2 heterocycles. The molecule has 0 radical (unpaired) electrons. The molecule has 5 rings (SSSR count). The molecule has 0 fully saturated rings. The van der Waals surface area contributed by atoms with Crippen LogP contribution in [0.2, 0.25) is 0 Å². The third-order valence-corrected chi connectivity index (χ3v) is 8.43. The Balaban J connectivity index is 1.63. The van der Waals surface area contributed by atoms with Crippen molar-refractivity contribution in [3.8, 4) is 11.5 Å². The zero-order valence-electron chi connectivity index (χ0n) is 20.9. The lowest BCUT2D eigenvalue weighted by atomic mass is 10.1. The average molecular weight is 590 g/mol. The van der Waals surface area contributed by atoms with Gasteiger partial charge in [0.2, 0.25) is 11.4 Å². The summed E-state index contributed by atoms with van der Waals surface area (Å²) in [6, 6.07) is 16.4. The number of rotatable bonds is 8. The molecule has 10 nitrogen and oxygen atoms in total. The maximum atomic E-state index is 11.9. The predicted octanol–water partition coefficient (Wildman–Crippen LogP) is 4.58. The second-order valence-electron chi connectivity index (χ2n) is 8.88. The van der Waals surface area contributed by atoms with Crippen molar-refractivity contribution in [2.24, 2.45) is 0 Å². The lowest BCUT2D eigenvalue weighted by Gasteiger charge is -2.17. The van der Waals surface area contributed by atoms with Crippen LogP contribution in [0.25, 0.3) is 27.1 Å². The van der Waals surface area contributed by atoms with E-state index in [0.717, 1.165) is 15.5 Å². The molecular weight excluding hydrogens is 564 g/mol. The van der Waals surface area contributed by atoms with Crippen LogP contribution in [-0.2, 0) is 26.1 Å². The minimum Gasteiger partial charge on any atom is -0.497 e. The fourth-order valence-corrected chi connectivity index (χ4v) is 6.76. The van der Waals surface area contributed by atoms with Crippen molar-refractivity contribution in [3.05, 3.63) is 77.1 Å². The lowest BCUT2D eigenvalue weighted by molar-refractivity contribution is -0.649. The molecule has 0 unspecified atom stereocenters. The third-order valence-electron chi connectivity index (χ3n) is 6.15. The zero-order chi connectivity index (χ0) is 27.9. The number of hydrogen-bond acceptors (Lipinski definition) is 8. The highest BCUT2D eigenvalue weighted by Crippen LogP contribution is 2.42. The molecule has 0 saturated heterocycles. The number of thiazole rings is 1. The third kappa shape index (κ3) is 5.92. The van der Waals surface area contributed by atoms with E-state index < -0.39 is 32.0 Å². The molecule has 4 aromatic rings. The van der Waals surface area contributed by atoms with Crippen molar-refractivity contribution in [2.75, 3.05) is 17.9 Å². The average Bonchev–Trinajstić information content (AvgIpc) is 3.36. The quantitative estimate of drug-likeness (QED) is 0.224. The molecule has 1 aromatic heterocycles. The van der Waals surface area contributed by atoms with Gasteiger partial charge < -0.3 is 9.47 Å². The van der Waals surface area contributed by atoms with E-state index in [1.165, 1.54) is 27.9 Å². The molecule has 0 saturated carbocycles. The predicted molar refractivity (Wildman–Crippen MR) is 150 cm³/mol. The summed E-state index contributed by atoms with van der Waals surface area (Å²) in [6.07, 6.45) is 3.89. The van der Waals surface area contributed by atoms with Crippen molar-refractivity contribution in [1.29, 1.82) is 0 Å². The van der Waals surface area contributed by atoms with E-state index in [4.69, 9.17) is 9.47 Å². The second-order valence-corrected chi connectivity index (χ2v) is 12.8. The highest BCUT2D eigenvalue weighted by Gasteiger charge is 2.31. The molecule has 13 heteroatoms. The fourth-order valence-electron chi connectivity index (χ4n) is 4.36. The van der Waals surface area contributed by atoms with Crippen molar-refractivity contribution in [2.45, 2.75) is 19.2 Å². The van der Waals surface area contributed by atoms with Gasteiger partial charge in [0.05, 0.1) is 18.9 Å². The maximum absolute atomic E-state index is 11.9. The fraction of sp³-hybridized carbons (Fsp3) is 0.192. The van der Waals surface area contributed by atoms with E-state index in [2.05, 4.69) is 0 Å². The highest BCUT2D eigenvalue weighted by molar-refractivity contribution is 7.85. The first-order valence-electron chi connectivity index (χ1n) is 11.8. The van der Waals surface area contributed by atoms with Crippen LogP contribution in [0.4, 0.5) is 5.69 Å². The van der Waals surface area contributed by atoms with Crippen molar-refractivity contribution in [3.63, 3.8) is 0 Å². The Morgan fingerprint density at radius 1 is 1.05 bits per heavy atom. The summed E-state index contributed by atoms with van der Waals surface area (Å²) in [6.45, 7) is 1.88. The Hall–Kier alpha value is -3.49. The van der Waals surface area contributed by atoms with E-state index >= 15 is 0 Å². The maximum Gasteiger partial charge on any atom is 0.326 e. The van der Waals surface area contributed by atoms with Gasteiger partial charge in [-0.05, 0) is 47.0 Å². The molecular formula is C26H25N2O8S3+. The molecule has 39 heavy (non-hydrogen) atoms. The topological polar surface area (TPSA) is 134 Å². The van der Waals surface area contributed by atoms with Gasteiger partial charge in [-0.25, -0.2) is 0 Å². The van der Waals surface area contributed by atoms with Crippen LogP contribution in [-0.4, -0.2) is 38.9 Å². The van der Waals surface area contributed by atoms with E-state index in [1.54, 1.807) is 42.5 Å². The van der Waals surface area contributed by atoms with Gasteiger partial charge in [-0.1, -0.05) is 42.5 Å². The number of aromatic nitrogens is 1. The van der Waals surface area contributed by atoms with Gasteiger partial charge in [0.25, 0.3) is 21.0 Å². The van der Waals surface area contributed by atoms with E-state index in [1.807, 2.05) is 31.2 Å². The summed E-state index contributed by atoms with van der Waals surface area (Å²) in [5.41, 5.74) is 1.74. The van der Waals surface area contributed by atoms with Crippen molar-refractivity contribution < 1.29 is 40.0 Å². The van der Waals surface area contributed by atoms with Crippen molar-refractivity contribution in [1.82, 2.24) is 0 Å². The summed E-state index contributed by atoms with van der Waals surface area (Å²) in [5, 5.41) is 2.31. The van der Waals surface area contributed by atoms with Crippen LogP contribution in [0.1, 0.15) is 18.4 Å². The van der Waals surface area contributed by atoms with Crippen LogP contribution in [0.15, 0.2) is 72.1 Å². The van der Waals surface area contributed by atoms with Gasteiger partial charge in [-0.15, -0.1) is 0 Å². The molecule has 1 aliphatic heterocycles. The molecule has 0 atom stereocenters. The minimum absolute atomic E-state index is 0.190. The van der Waals surface area contributed by atoms with Gasteiger partial charge in [-0.2, -0.15) is 21.4 Å². The normalized spacial score (nSPS) is 15.2. The van der Waals surface area contributed by atoms with Gasteiger partial charge in [0.15, 0.2) is 11.6 Å². The van der Waals surface area contributed by atoms with Crippen LogP contribution in [0, 0.1) is 0 Å². The first-order chi connectivity index (χ1) is 18.4. The molecule has 3 aromatic carbocycles. The number of anilines is 1. The monoisotopic (exact) mass is 589 g/mol. The van der Waals surface area contributed by atoms with Gasteiger partial charge in [0, 0.05) is 12.2 Å². The summed E-state index contributed by atoms with van der Waals surface area (Å²) in [5.74, 6) is -0.219. The number of allylic oxidation sites excluding steroid dienone is 2. The Kier molecular flexibility index (Phi) is 7.11. The molecule has 2 N–H and O–H groups in total. The molecule has 0 spiro atoms. The van der Waals surface area contributed by atoms with Gasteiger partial charge in [0.1, 0.15) is 10.4 Å². The summed E-state index contributed by atoms with van der Waals surface area (Å²) >= 11 is 1.32. The SMILES string of the molecule is CCC(=Cc1sc2ccc(OC)cc2[n+]1CS(=O)(=O)O)C=C1Oc2cc3ccccc3cc2N1CS(=O)(=O)O. The molecule has 1 aliphatic rings. The molecule has 0 aliphatic carbocycles. The van der Waals surface area contributed by atoms with Crippen LogP contribution in [0.3, 0.4) is 0 Å². The van der Waals surface area contributed by atoms with E-state index in [-0.39, 0.29) is 5.88 Å². The number of benzene rings is 3. The number of ether oxygens (including phenoxy) is 2. The van der Waals surface area contributed by atoms with Crippen molar-refractivity contribution >= 4 is 64.3 Å². The smallest absolute Gasteiger partial charge is 0.326 e. The minimum atomic E-state index is -4.41.